The zero-order chi connectivity index (χ0) is 35.3. The number of ether oxygens (including phenoxy) is 3. The summed E-state index contributed by atoms with van der Waals surface area (Å²) in [5.74, 6) is 1.01. The van der Waals surface area contributed by atoms with Crippen LogP contribution in [-0.2, 0) is 26.5 Å². The molecule has 6 rings (SSSR count). The Morgan fingerprint density at radius 1 is 0.920 bits per heavy atom. The highest BCUT2D eigenvalue weighted by Gasteiger charge is 2.53. The topological polar surface area (TPSA) is 121 Å². The van der Waals surface area contributed by atoms with E-state index in [9.17, 15) is 14.7 Å². The maximum Gasteiger partial charge on any atom is 0.351 e. The van der Waals surface area contributed by atoms with E-state index in [-0.39, 0.29) is 12.2 Å². The van der Waals surface area contributed by atoms with Gasteiger partial charge >= 0.3 is 5.69 Å². The molecule has 2 unspecified atom stereocenters. The summed E-state index contributed by atoms with van der Waals surface area (Å²) in [5, 5.41) is 15.5. The van der Waals surface area contributed by atoms with Gasteiger partial charge in [-0.1, -0.05) is 84.6 Å². The highest BCUT2D eigenvalue weighted by atomic mass is 32.9. The third-order valence-corrected chi connectivity index (χ3v) is 9.97. The van der Waals surface area contributed by atoms with Gasteiger partial charge in [0.05, 0.1) is 25.7 Å². The van der Waals surface area contributed by atoms with Crippen LogP contribution in [-0.4, -0.2) is 53.1 Å². The highest BCUT2D eigenvalue weighted by molar-refractivity contribution is 8.54. The number of aliphatic hydroxyl groups excluding tert-OH is 1. The minimum absolute atomic E-state index is 0.0935. The smallest absolute Gasteiger partial charge is 0.351 e. The Morgan fingerprint density at radius 2 is 1.46 bits per heavy atom. The lowest BCUT2D eigenvalue weighted by Gasteiger charge is -2.43. The van der Waals surface area contributed by atoms with E-state index in [1.807, 2.05) is 78.9 Å². The third-order valence-electron chi connectivity index (χ3n) is 8.86. The van der Waals surface area contributed by atoms with E-state index < -0.39 is 47.7 Å². The number of anilines is 1. The molecule has 4 aromatic carbocycles. The number of amides is 1. The summed E-state index contributed by atoms with van der Waals surface area (Å²) < 4.78 is 25.1. The number of hydrogen-bond donors (Lipinski definition) is 3. The second-order valence-electron chi connectivity index (χ2n) is 11.6. The lowest BCUT2D eigenvalue weighted by atomic mass is 9.64. The Hall–Kier alpha value is -4.29. The number of nitrogens with one attached hydrogen (secondary N) is 1. The molecule has 13 heteroatoms. The van der Waals surface area contributed by atoms with Gasteiger partial charge in [-0.3, -0.25) is 9.36 Å². The average Bonchev–Trinajstić information content (AvgIpc) is 3.55. The first-order valence-corrected chi connectivity index (χ1v) is 19.6. The fourth-order valence-electron chi connectivity index (χ4n) is 6.51. The van der Waals surface area contributed by atoms with Crippen LogP contribution in [0.15, 0.2) is 126 Å². The predicted octanol–water partition coefficient (Wildman–Crippen LogP) is 6.02. The van der Waals surface area contributed by atoms with Crippen molar-refractivity contribution < 1.29 is 28.6 Å². The maximum absolute atomic E-state index is 13.4. The first-order valence-electron chi connectivity index (χ1n) is 15.8. The molecule has 2 N–H and O–H groups in total. The van der Waals surface area contributed by atoms with Gasteiger partial charge in [-0.15, -0.1) is 12.2 Å². The van der Waals surface area contributed by atoms with Crippen molar-refractivity contribution in [1.82, 2.24) is 9.55 Å². The molecule has 0 bridgehead atoms. The second-order valence-corrected chi connectivity index (χ2v) is 15.6. The number of carbonyl (C=O) groups excluding carboxylic acids is 1. The zero-order valence-corrected chi connectivity index (χ0v) is 29.9. The van der Waals surface area contributed by atoms with Crippen LogP contribution in [0, 0.1) is 0 Å². The van der Waals surface area contributed by atoms with Crippen molar-refractivity contribution in [2.45, 2.75) is 36.4 Å². The summed E-state index contributed by atoms with van der Waals surface area (Å²) in [6, 6.07) is 34.8. The number of benzene rings is 4. The summed E-state index contributed by atoms with van der Waals surface area (Å²) in [7, 11) is 3.19. The quantitative estimate of drug-likeness (QED) is 0.0805. The van der Waals surface area contributed by atoms with Crippen molar-refractivity contribution in [3.63, 3.8) is 0 Å². The Morgan fingerprint density at radius 3 is 1.98 bits per heavy atom. The van der Waals surface area contributed by atoms with Gasteiger partial charge in [0, 0.05) is 18.2 Å². The van der Waals surface area contributed by atoms with Gasteiger partial charge in [0.15, 0.2) is 0 Å². The lowest BCUT2D eigenvalue weighted by molar-refractivity contribution is -0.0926. The van der Waals surface area contributed by atoms with E-state index in [1.54, 1.807) is 44.6 Å². The molecule has 0 spiro atoms. The number of hydrogen-bond acceptors (Lipinski definition) is 9. The number of aliphatic hydroxyl groups is 1. The fraction of sp³-hybridized carbons (Fsp3) is 0.216. The molecule has 1 amide bonds. The van der Waals surface area contributed by atoms with Crippen molar-refractivity contribution in [1.29, 1.82) is 0 Å². The molecule has 5 atom stereocenters. The van der Waals surface area contributed by atoms with Gasteiger partial charge in [0.2, 0.25) is 0 Å². The number of thiol groups is 1. The van der Waals surface area contributed by atoms with Crippen LogP contribution in [0.2, 0.25) is 0 Å². The number of methoxy groups -OCH3 is 2. The molecule has 1 aliphatic heterocycles. The zero-order valence-electron chi connectivity index (χ0n) is 27.2. The average molecular weight is 730 g/mol. The Kier molecular flexibility index (Phi) is 11.2. The van der Waals surface area contributed by atoms with Crippen molar-refractivity contribution >= 4 is 41.9 Å². The van der Waals surface area contributed by atoms with E-state index in [2.05, 4.69) is 22.5 Å². The number of rotatable bonds is 12. The van der Waals surface area contributed by atoms with Gasteiger partial charge < -0.3 is 29.2 Å². The molecule has 1 fully saturated rings. The normalized spacial score (nSPS) is 18.6. The first-order chi connectivity index (χ1) is 24.2. The van der Waals surface area contributed by atoms with Gasteiger partial charge in [-0.25, -0.2) is 4.79 Å². The van der Waals surface area contributed by atoms with E-state index in [1.165, 1.54) is 16.8 Å². The highest BCUT2D eigenvalue weighted by Crippen LogP contribution is 2.49. The monoisotopic (exact) mass is 729 g/mol. The molecule has 10 nitrogen and oxygen atoms in total. The van der Waals surface area contributed by atoms with Crippen LogP contribution >= 0.6 is 18.4 Å². The Balaban J connectivity index is 1.42. The molecule has 0 saturated carbocycles. The van der Waals surface area contributed by atoms with Crippen molar-refractivity contribution in [2.75, 3.05) is 19.5 Å². The van der Waals surface area contributed by atoms with Crippen LogP contribution < -0.4 is 20.5 Å². The lowest BCUT2D eigenvalue weighted by Crippen LogP contribution is -2.51. The van der Waals surface area contributed by atoms with Crippen molar-refractivity contribution in [3.8, 4) is 11.5 Å². The largest absolute Gasteiger partial charge is 0.497 e. The second kappa shape index (κ2) is 15.7. The van der Waals surface area contributed by atoms with Gasteiger partial charge in [-0.2, -0.15) is 4.98 Å². The summed E-state index contributed by atoms with van der Waals surface area (Å²) in [6.07, 6.45) is -4.18. The molecular weight excluding hydrogens is 694 g/mol. The SMILES string of the molecule is COc1ccc(C(c2ccccc2)(c2ccc(OC)cc2)C(O)[C@H]2O[C@@H](n3ccc(NC(=O)c4ccccc4)nc3=O)C[C@@H]2O[PH](=S)S)cc1. The maximum atomic E-state index is 13.4. The van der Waals surface area contributed by atoms with Crippen LogP contribution in [0.25, 0.3) is 0 Å². The molecular formula is C37H36N3O7PS2. The number of aromatic nitrogens is 2. The molecule has 1 saturated heterocycles. The minimum atomic E-state index is -2.00. The Labute approximate surface area is 300 Å². The molecule has 258 valence electrons. The minimum Gasteiger partial charge on any atom is -0.497 e. The summed E-state index contributed by atoms with van der Waals surface area (Å²) in [5.41, 5.74) is 0.893. The predicted molar refractivity (Wildman–Crippen MR) is 199 cm³/mol. The molecule has 1 aromatic heterocycles. The van der Waals surface area contributed by atoms with Gasteiger partial charge in [-0.05, 0) is 59.2 Å². The van der Waals surface area contributed by atoms with Crippen molar-refractivity contribution in [3.05, 3.63) is 154 Å². The standard InChI is InChI=1S/C37H36N3O7PS2/c1-44-28-17-13-26(14-18-28)37(25-11-7-4-8-12-25,27-15-19-29(45-2)20-16-27)34(41)33-30(47-48(49)50)23-32(46-33)40-22-21-31(39-36(40)43)38-35(42)24-9-5-3-6-10-24/h3-22,30,32-34,41,48H,23H2,1-2H3,(H,49,50)(H,38,39,42,43)/t30-,32+,33-,34?/m0/s1. The third kappa shape index (κ3) is 7.27. The van der Waals surface area contributed by atoms with E-state index in [0.717, 1.165) is 16.7 Å². The molecule has 0 radical (unpaired) electrons. The van der Waals surface area contributed by atoms with Crippen LogP contribution in [0.5, 0.6) is 11.5 Å². The summed E-state index contributed by atoms with van der Waals surface area (Å²) in [6.45, 7) is 0. The first kappa shape index (κ1) is 35.5. The van der Waals surface area contributed by atoms with E-state index in [4.69, 9.17) is 30.5 Å². The Bertz CT molecular complexity index is 1950. The van der Waals surface area contributed by atoms with Crippen LogP contribution in [0.3, 0.4) is 0 Å². The van der Waals surface area contributed by atoms with Gasteiger partial charge in [0.25, 0.3) is 5.91 Å². The van der Waals surface area contributed by atoms with E-state index in [0.29, 0.717) is 17.1 Å². The summed E-state index contributed by atoms with van der Waals surface area (Å²) in [4.78, 5) is 30.2. The molecule has 0 aliphatic carbocycles. The van der Waals surface area contributed by atoms with E-state index >= 15 is 0 Å². The fourth-order valence-corrected chi connectivity index (χ4v) is 7.77. The van der Waals surface area contributed by atoms with Crippen LogP contribution in [0.4, 0.5) is 5.82 Å². The number of nitrogens with zero attached hydrogens (tertiary/aromatic N) is 2. The van der Waals surface area contributed by atoms with Crippen LogP contribution in [0.1, 0.15) is 39.7 Å². The van der Waals surface area contributed by atoms with Gasteiger partial charge in [0.1, 0.15) is 41.9 Å². The van der Waals surface area contributed by atoms with Crippen molar-refractivity contribution in [2.24, 2.45) is 0 Å². The summed E-state index contributed by atoms with van der Waals surface area (Å²) >= 11 is 9.85. The number of carbonyl (C=O) groups is 1. The molecule has 2 heterocycles. The molecule has 5 aromatic rings. The molecule has 50 heavy (non-hydrogen) atoms. The molecule has 1 aliphatic rings.